The highest BCUT2D eigenvalue weighted by atomic mass is 19.1. The molecule has 2 aliphatic heterocycles. The second kappa shape index (κ2) is 14.4. The Morgan fingerprint density at radius 3 is 2.50 bits per heavy atom. The summed E-state index contributed by atoms with van der Waals surface area (Å²) in [4.78, 5) is 22.1. The normalized spacial score (nSPS) is 17.2. The molecule has 0 spiro atoms. The Labute approximate surface area is 255 Å². The van der Waals surface area contributed by atoms with E-state index in [-0.39, 0.29) is 6.54 Å². The van der Waals surface area contributed by atoms with Crippen LogP contribution in [0.5, 0.6) is 5.75 Å². The second-order valence-electron chi connectivity index (χ2n) is 11.4. The van der Waals surface area contributed by atoms with E-state index < -0.39 is 34.3 Å². The van der Waals surface area contributed by atoms with E-state index in [1.165, 1.54) is 5.56 Å². The minimum atomic E-state index is -1.04. The summed E-state index contributed by atoms with van der Waals surface area (Å²) in [6.07, 6.45) is 4.92. The molecule has 1 aromatic heterocycles. The Morgan fingerprint density at radius 1 is 1.09 bits per heavy atom. The maximum Gasteiger partial charge on any atom is 0.249 e. The van der Waals surface area contributed by atoms with Crippen LogP contribution in [-0.4, -0.2) is 78.9 Å². The average molecular weight is 611 g/mol. The van der Waals surface area contributed by atoms with Gasteiger partial charge in [-0.2, -0.15) is 0 Å². The molecule has 2 fully saturated rings. The average Bonchev–Trinajstić information content (AvgIpc) is 3.03. The molecule has 2 aliphatic rings. The van der Waals surface area contributed by atoms with Crippen LogP contribution in [0.15, 0.2) is 36.5 Å². The summed E-state index contributed by atoms with van der Waals surface area (Å²) in [7, 11) is 1.64. The number of carbonyl (C=O) groups excluding carboxylic acids is 1. The molecule has 8 nitrogen and oxygen atoms in total. The fraction of sp³-hybridized carbons (Fsp3) is 0.455. The van der Waals surface area contributed by atoms with E-state index in [0.717, 1.165) is 48.3 Å². The van der Waals surface area contributed by atoms with Crippen molar-refractivity contribution in [2.75, 3.05) is 53.0 Å². The topological polar surface area (TPSA) is 87.2 Å². The van der Waals surface area contributed by atoms with Crippen molar-refractivity contribution in [2.45, 2.75) is 38.6 Å². The summed E-state index contributed by atoms with van der Waals surface area (Å²) in [6, 6.07) is 7.07. The first kappa shape index (κ1) is 31.7. The standard InChI is InChI=1S/C33H37F3N4O4/c1-43-25-6-7-31-28(20-25)26(23(21-37-31)22-40-14-16-44-17-15-40)4-2-8-33(32(41)38-42)9-12-39(13-10-33)11-3-5-27-29(35)18-24(34)19-30(27)36/h6-7,18-21,42H,2,4,8-17,22H2,1H3,(H,38,41). The zero-order chi connectivity index (χ0) is 31.1. The number of nitrogens with zero attached hydrogens (tertiary/aromatic N) is 3. The van der Waals surface area contributed by atoms with Crippen molar-refractivity contribution >= 4 is 16.8 Å². The van der Waals surface area contributed by atoms with Gasteiger partial charge in [0.2, 0.25) is 5.91 Å². The predicted molar refractivity (Wildman–Crippen MR) is 159 cm³/mol. The van der Waals surface area contributed by atoms with E-state index in [2.05, 4.69) is 16.7 Å². The number of hydrogen-bond donors (Lipinski definition) is 2. The summed E-state index contributed by atoms with van der Waals surface area (Å²) in [5.41, 5.74) is 3.84. The van der Waals surface area contributed by atoms with Crippen LogP contribution in [-0.2, 0) is 22.5 Å². The number of carbonyl (C=O) groups is 1. The van der Waals surface area contributed by atoms with Crippen LogP contribution in [0.25, 0.3) is 10.9 Å². The molecule has 0 bridgehead atoms. The highest BCUT2D eigenvalue weighted by Gasteiger charge is 2.40. The van der Waals surface area contributed by atoms with Gasteiger partial charge in [0.15, 0.2) is 0 Å². The number of ether oxygens (including phenoxy) is 2. The van der Waals surface area contributed by atoms with Gasteiger partial charge in [-0.25, -0.2) is 18.7 Å². The smallest absolute Gasteiger partial charge is 0.249 e. The lowest BCUT2D eigenvalue weighted by atomic mass is 9.73. The first-order valence-electron chi connectivity index (χ1n) is 14.9. The molecule has 2 aromatic carbocycles. The van der Waals surface area contributed by atoms with Gasteiger partial charge in [-0.15, -0.1) is 0 Å². The number of rotatable bonds is 9. The number of methoxy groups -OCH3 is 1. The van der Waals surface area contributed by atoms with Gasteiger partial charge >= 0.3 is 0 Å². The van der Waals surface area contributed by atoms with Crippen LogP contribution in [0.2, 0.25) is 0 Å². The fourth-order valence-corrected chi connectivity index (χ4v) is 6.18. The van der Waals surface area contributed by atoms with Crippen molar-refractivity contribution in [3.05, 3.63) is 70.7 Å². The number of aromatic nitrogens is 1. The van der Waals surface area contributed by atoms with Gasteiger partial charge in [-0.1, -0.05) is 11.8 Å². The lowest BCUT2D eigenvalue weighted by Crippen LogP contribution is -2.48. The fourth-order valence-electron chi connectivity index (χ4n) is 6.18. The molecular formula is C33H37F3N4O4. The lowest BCUT2D eigenvalue weighted by Gasteiger charge is -2.39. The number of fused-ring (bicyclic) bond motifs is 1. The number of amides is 1. The molecule has 0 aliphatic carbocycles. The Kier molecular flexibility index (Phi) is 10.4. The number of morpholine rings is 1. The molecule has 3 aromatic rings. The van der Waals surface area contributed by atoms with Crippen molar-refractivity contribution < 1.29 is 32.6 Å². The molecule has 2 saturated heterocycles. The van der Waals surface area contributed by atoms with Crippen LogP contribution in [0.4, 0.5) is 13.2 Å². The highest BCUT2D eigenvalue weighted by molar-refractivity contribution is 5.85. The van der Waals surface area contributed by atoms with Crippen LogP contribution >= 0.6 is 0 Å². The molecule has 234 valence electrons. The maximum absolute atomic E-state index is 13.9. The quantitative estimate of drug-likeness (QED) is 0.210. The summed E-state index contributed by atoms with van der Waals surface area (Å²) >= 11 is 0. The van der Waals surface area contributed by atoms with Crippen molar-refractivity contribution in [3.63, 3.8) is 0 Å². The third-order valence-electron chi connectivity index (χ3n) is 8.78. The van der Waals surface area contributed by atoms with Crippen LogP contribution in [0.1, 0.15) is 42.4 Å². The number of hydroxylamine groups is 1. The third-order valence-corrected chi connectivity index (χ3v) is 8.78. The van der Waals surface area contributed by atoms with E-state index in [1.54, 1.807) is 7.11 Å². The number of nitrogens with one attached hydrogen (secondary N) is 1. The van der Waals surface area contributed by atoms with E-state index in [9.17, 15) is 23.2 Å². The first-order chi connectivity index (χ1) is 21.3. The first-order valence-corrected chi connectivity index (χ1v) is 14.9. The minimum Gasteiger partial charge on any atom is -0.497 e. The number of halogens is 3. The molecule has 1 amide bonds. The van der Waals surface area contributed by atoms with Crippen LogP contribution in [0.3, 0.4) is 0 Å². The van der Waals surface area contributed by atoms with E-state index in [0.29, 0.717) is 64.1 Å². The molecule has 3 heterocycles. The molecule has 5 rings (SSSR count). The van der Waals surface area contributed by atoms with Crippen LogP contribution < -0.4 is 10.2 Å². The predicted octanol–water partition coefficient (Wildman–Crippen LogP) is 4.45. The molecular weight excluding hydrogens is 573 g/mol. The summed E-state index contributed by atoms with van der Waals surface area (Å²) < 4.78 is 52.1. The zero-order valence-electron chi connectivity index (χ0n) is 24.8. The van der Waals surface area contributed by atoms with Gasteiger partial charge in [0, 0.05) is 56.4 Å². The summed E-state index contributed by atoms with van der Waals surface area (Å²) in [6.45, 7) is 5.14. The van der Waals surface area contributed by atoms with Crippen molar-refractivity contribution in [1.29, 1.82) is 0 Å². The Morgan fingerprint density at radius 2 is 1.82 bits per heavy atom. The maximum atomic E-state index is 13.9. The van der Waals surface area contributed by atoms with Gasteiger partial charge in [0.25, 0.3) is 0 Å². The monoisotopic (exact) mass is 610 g/mol. The Bertz CT molecular complexity index is 1520. The summed E-state index contributed by atoms with van der Waals surface area (Å²) in [5, 5.41) is 10.7. The highest BCUT2D eigenvalue weighted by Crippen LogP contribution is 2.38. The molecule has 0 saturated carbocycles. The van der Waals surface area contributed by atoms with E-state index in [1.807, 2.05) is 34.8 Å². The van der Waals surface area contributed by atoms with Gasteiger partial charge in [-0.05, 0) is 61.4 Å². The third kappa shape index (κ3) is 7.33. The number of likely N-dealkylation sites (tertiary alicyclic amines) is 1. The Hall–Kier alpha value is -3.69. The van der Waals surface area contributed by atoms with Gasteiger partial charge in [-0.3, -0.25) is 24.8 Å². The number of pyridine rings is 1. The largest absolute Gasteiger partial charge is 0.497 e. The van der Waals surface area contributed by atoms with Gasteiger partial charge in [0.1, 0.15) is 23.2 Å². The second-order valence-corrected chi connectivity index (χ2v) is 11.4. The molecule has 11 heteroatoms. The number of aryl methyl sites for hydroxylation is 1. The van der Waals surface area contributed by atoms with E-state index in [4.69, 9.17) is 14.5 Å². The number of hydrogen-bond acceptors (Lipinski definition) is 7. The molecule has 0 radical (unpaired) electrons. The molecule has 44 heavy (non-hydrogen) atoms. The van der Waals surface area contributed by atoms with Crippen molar-refractivity contribution in [1.82, 2.24) is 20.3 Å². The van der Waals surface area contributed by atoms with E-state index >= 15 is 0 Å². The molecule has 0 atom stereocenters. The SMILES string of the molecule is COc1ccc2ncc(CN3CCOCC3)c(CCCC3(C(=O)NO)CCN(CC#Cc4c(F)cc(F)cc4F)CC3)c2c1. The van der Waals surface area contributed by atoms with Crippen molar-refractivity contribution in [2.24, 2.45) is 5.41 Å². The number of benzene rings is 2. The van der Waals surface area contributed by atoms with Crippen molar-refractivity contribution in [3.8, 4) is 17.6 Å². The van der Waals surface area contributed by atoms with Gasteiger partial charge < -0.3 is 9.47 Å². The minimum absolute atomic E-state index is 0.239. The Balaban J connectivity index is 1.28. The van der Waals surface area contributed by atoms with Gasteiger partial charge in [0.05, 0.1) is 43.4 Å². The van der Waals surface area contributed by atoms with Crippen LogP contribution in [0, 0.1) is 34.7 Å². The zero-order valence-corrected chi connectivity index (χ0v) is 24.8. The number of piperidine rings is 1. The molecule has 0 unspecified atom stereocenters. The summed E-state index contributed by atoms with van der Waals surface area (Å²) in [5.74, 6) is 2.50. The molecule has 2 N–H and O–H groups in total. The lowest BCUT2D eigenvalue weighted by molar-refractivity contribution is -0.143.